The second-order valence-electron chi connectivity index (χ2n) is 5.92. The molecule has 0 radical (unpaired) electrons. The van der Waals surface area contributed by atoms with E-state index in [1.807, 2.05) is 0 Å². The van der Waals surface area contributed by atoms with Crippen LogP contribution in [0.2, 0.25) is 0 Å². The molecule has 0 heterocycles. The van der Waals surface area contributed by atoms with Gasteiger partial charge >= 0.3 is 0 Å². The number of hydrogen-bond donors (Lipinski definition) is 1. The van der Waals surface area contributed by atoms with Crippen molar-refractivity contribution < 1.29 is 0 Å². The van der Waals surface area contributed by atoms with E-state index in [0.717, 1.165) is 19.4 Å². The Morgan fingerprint density at radius 3 is 2.38 bits per heavy atom. The molecule has 0 saturated carbocycles. The summed E-state index contributed by atoms with van der Waals surface area (Å²) in [5, 5.41) is 0. The molecule has 0 spiro atoms. The molecule has 0 aliphatic carbocycles. The summed E-state index contributed by atoms with van der Waals surface area (Å²) in [6, 6.07) is 27.7. The number of rotatable bonds is 6. The largest absolute Gasteiger partial charge is 0.330 e. The minimum atomic E-state index is 0.741. The van der Waals surface area contributed by atoms with Crippen molar-refractivity contribution in [3.05, 3.63) is 95.6 Å². The Kier molecular flexibility index (Phi) is 5.60. The smallest absolute Gasteiger partial charge is 0.00741 e. The van der Waals surface area contributed by atoms with Crippen LogP contribution < -0.4 is 5.73 Å². The van der Waals surface area contributed by atoms with E-state index >= 15 is 0 Å². The van der Waals surface area contributed by atoms with Gasteiger partial charge in [-0.2, -0.15) is 0 Å². The predicted molar refractivity (Wildman–Crippen MR) is 105 cm³/mol. The zero-order valence-electron chi connectivity index (χ0n) is 13.9. The fourth-order valence-electron chi connectivity index (χ4n) is 2.87. The monoisotopic (exact) mass is 313 g/mol. The lowest BCUT2D eigenvalue weighted by atomic mass is 9.98. The summed E-state index contributed by atoms with van der Waals surface area (Å²) in [6.07, 6.45) is 6.46. The summed E-state index contributed by atoms with van der Waals surface area (Å²) in [7, 11) is 0. The van der Waals surface area contributed by atoms with Crippen molar-refractivity contribution in [1.29, 1.82) is 0 Å². The molecule has 0 atom stereocenters. The molecule has 3 aromatic rings. The third-order valence-corrected chi connectivity index (χ3v) is 4.12. The van der Waals surface area contributed by atoms with Crippen LogP contribution in [0.25, 0.3) is 23.3 Å². The zero-order chi connectivity index (χ0) is 16.6. The fourth-order valence-corrected chi connectivity index (χ4v) is 2.87. The van der Waals surface area contributed by atoms with Gasteiger partial charge in [0.1, 0.15) is 0 Å². The van der Waals surface area contributed by atoms with E-state index in [-0.39, 0.29) is 0 Å². The lowest BCUT2D eigenvalue weighted by molar-refractivity contribution is 0.832. The van der Waals surface area contributed by atoms with Gasteiger partial charge in [0.25, 0.3) is 0 Å². The van der Waals surface area contributed by atoms with E-state index in [0.29, 0.717) is 0 Å². The summed E-state index contributed by atoms with van der Waals surface area (Å²) in [4.78, 5) is 0. The maximum Gasteiger partial charge on any atom is -0.00741 e. The molecule has 0 aliphatic heterocycles. The van der Waals surface area contributed by atoms with Crippen molar-refractivity contribution >= 4 is 12.2 Å². The van der Waals surface area contributed by atoms with Crippen LogP contribution in [-0.2, 0) is 6.42 Å². The van der Waals surface area contributed by atoms with Gasteiger partial charge in [-0.3, -0.25) is 0 Å². The third kappa shape index (κ3) is 4.21. The van der Waals surface area contributed by atoms with E-state index < -0.39 is 0 Å². The number of aryl methyl sites for hydroxylation is 1. The molecule has 0 aromatic heterocycles. The Labute approximate surface area is 144 Å². The number of nitrogens with two attached hydrogens (primary N) is 1. The van der Waals surface area contributed by atoms with Crippen LogP contribution in [0.3, 0.4) is 0 Å². The first kappa shape index (κ1) is 16.2. The van der Waals surface area contributed by atoms with Gasteiger partial charge in [-0.05, 0) is 47.2 Å². The predicted octanol–water partition coefficient (Wildman–Crippen LogP) is 5.42. The second-order valence-corrected chi connectivity index (χ2v) is 5.92. The highest BCUT2D eigenvalue weighted by Crippen LogP contribution is 2.25. The summed E-state index contributed by atoms with van der Waals surface area (Å²) < 4.78 is 0. The standard InChI is InChI=1S/C23H23N/c24-17-7-10-19-8-6-9-20(18-19)15-16-22-13-4-5-14-23(22)21-11-2-1-3-12-21/h1-6,8-9,11-16,18H,7,10,17,24H2. The molecule has 0 fully saturated rings. The minimum absolute atomic E-state index is 0.741. The van der Waals surface area contributed by atoms with Crippen molar-refractivity contribution in [2.24, 2.45) is 5.73 Å². The molecule has 120 valence electrons. The summed E-state index contributed by atoms with van der Waals surface area (Å²) in [6.45, 7) is 0.741. The quantitative estimate of drug-likeness (QED) is 0.605. The molecule has 2 N–H and O–H groups in total. The third-order valence-electron chi connectivity index (χ3n) is 4.12. The molecule has 3 rings (SSSR count). The van der Waals surface area contributed by atoms with Crippen molar-refractivity contribution in [1.82, 2.24) is 0 Å². The fraction of sp³-hybridized carbons (Fsp3) is 0.130. The highest BCUT2D eigenvalue weighted by Gasteiger charge is 2.01. The molecule has 0 amide bonds. The first-order chi connectivity index (χ1) is 11.9. The molecule has 1 nitrogen and oxygen atoms in total. The van der Waals surface area contributed by atoms with E-state index in [2.05, 4.69) is 91.0 Å². The summed E-state index contributed by atoms with van der Waals surface area (Å²) in [5.41, 5.74) is 11.9. The van der Waals surface area contributed by atoms with Crippen molar-refractivity contribution in [3.8, 4) is 11.1 Å². The van der Waals surface area contributed by atoms with Gasteiger partial charge in [0.05, 0.1) is 0 Å². The van der Waals surface area contributed by atoms with E-state index in [9.17, 15) is 0 Å². The van der Waals surface area contributed by atoms with Gasteiger partial charge in [0, 0.05) is 0 Å². The van der Waals surface area contributed by atoms with Gasteiger partial charge in [0.2, 0.25) is 0 Å². The molecule has 3 aromatic carbocycles. The van der Waals surface area contributed by atoms with Gasteiger partial charge in [-0.15, -0.1) is 0 Å². The lowest BCUT2D eigenvalue weighted by Crippen LogP contribution is -2.00. The topological polar surface area (TPSA) is 26.0 Å². The second kappa shape index (κ2) is 8.28. The molecule has 0 bridgehead atoms. The molecular weight excluding hydrogens is 290 g/mol. The van der Waals surface area contributed by atoms with Crippen molar-refractivity contribution in [2.75, 3.05) is 6.54 Å². The first-order valence-electron chi connectivity index (χ1n) is 8.48. The summed E-state index contributed by atoms with van der Waals surface area (Å²) >= 11 is 0. The normalized spacial score (nSPS) is 11.0. The van der Waals surface area contributed by atoms with Crippen LogP contribution in [0.15, 0.2) is 78.9 Å². The van der Waals surface area contributed by atoms with Crippen molar-refractivity contribution in [3.63, 3.8) is 0 Å². The van der Waals surface area contributed by atoms with Gasteiger partial charge in [0.15, 0.2) is 0 Å². The summed E-state index contributed by atoms with van der Waals surface area (Å²) in [5.74, 6) is 0. The van der Waals surface area contributed by atoms with E-state index in [1.165, 1.54) is 27.8 Å². The Morgan fingerprint density at radius 2 is 1.54 bits per heavy atom. The molecule has 0 unspecified atom stereocenters. The Balaban J connectivity index is 1.85. The number of hydrogen-bond acceptors (Lipinski definition) is 1. The van der Waals surface area contributed by atoms with Gasteiger partial charge < -0.3 is 5.73 Å². The Hall–Kier alpha value is -2.64. The lowest BCUT2D eigenvalue weighted by Gasteiger charge is -2.06. The Bertz CT molecular complexity index is 803. The number of benzene rings is 3. The average molecular weight is 313 g/mol. The van der Waals surface area contributed by atoms with Gasteiger partial charge in [-0.1, -0.05) is 91.0 Å². The Morgan fingerprint density at radius 1 is 0.750 bits per heavy atom. The molecule has 0 saturated heterocycles. The van der Waals surface area contributed by atoms with Crippen LogP contribution in [0.5, 0.6) is 0 Å². The van der Waals surface area contributed by atoms with Crippen LogP contribution in [-0.4, -0.2) is 6.54 Å². The van der Waals surface area contributed by atoms with Crippen LogP contribution in [0.4, 0.5) is 0 Å². The molecule has 24 heavy (non-hydrogen) atoms. The van der Waals surface area contributed by atoms with E-state index in [1.54, 1.807) is 0 Å². The first-order valence-corrected chi connectivity index (χ1v) is 8.48. The minimum Gasteiger partial charge on any atom is -0.330 e. The van der Waals surface area contributed by atoms with Gasteiger partial charge in [-0.25, -0.2) is 0 Å². The maximum absolute atomic E-state index is 5.61. The molecule has 0 aliphatic rings. The molecular formula is C23H23N. The highest BCUT2D eigenvalue weighted by molar-refractivity contribution is 5.80. The zero-order valence-corrected chi connectivity index (χ0v) is 13.9. The van der Waals surface area contributed by atoms with E-state index in [4.69, 9.17) is 5.73 Å². The average Bonchev–Trinajstić information content (AvgIpc) is 2.66. The maximum atomic E-state index is 5.61. The van der Waals surface area contributed by atoms with Crippen LogP contribution >= 0.6 is 0 Å². The van der Waals surface area contributed by atoms with Crippen molar-refractivity contribution in [2.45, 2.75) is 12.8 Å². The van der Waals surface area contributed by atoms with Crippen LogP contribution in [0.1, 0.15) is 23.1 Å². The molecule has 1 heteroatoms. The van der Waals surface area contributed by atoms with Crippen LogP contribution in [0, 0.1) is 0 Å². The SMILES string of the molecule is NCCCc1cccc(C=Cc2ccccc2-c2ccccc2)c1. The highest BCUT2D eigenvalue weighted by atomic mass is 14.5.